The van der Waals surface area contributed by atoms with E-state index in [9.17, 15) is 0 Å². The number of hydrogen-bond acceptors (Lipinski definition) is 5. The number of benzene rings is 2. The SMILES string of the molecule is CN1CCC(N2CCN(CCN3CC4[C@H](c5ccccc5)CC(N5CCCC5)(C[C@H]4c4ccccc4)C3)CC2)CC1. The standard InChI is InChI=1S/C36H53N5/c1-37-18-14-32(15-19-37)40-24-22-38(23-25-40)20-21-39-28-35-33(30-10-4-2-5-11-30)26-36(29-39,41-16-8-9-17-41)27-34(35)31-12-6-3-7-13-31/h2-7,10-13,32-35H,8-9,14-29H2,1H3/t33-,34-,35?,36?/m0/s1. The van der Waals surface area contributed by atoms with Gasteiger partial charge in [0, 0.05) is 63.9 Å². The number of nitrogens with zero attached hydrogens (tertiary/aromatic N) is 5. The lowest BCUT2D eigenvalue weighted by molar-refractivity contribution is 0.0373. The zero-order valence-electron chi connectivity index (χ0n) is 25.5. The second kappa shape index (κ2) is 12.5. The van der Waals surface area contributed by atoms with Crippen molar-refractivity contribution in [2.24, 2.45) is 5.92 Å². The largest absolute Gasteiger partial charge is 0.306 e. The lowest BCUT2D eigenvalue weighted by Crippen LogP contribution is -2.56. The topological polar surface area (TPSA) is 16.2 Å². The van der Waals surface area contributed by atoms with Crippen LogP contribution in [0.25, 0.3) is 0 Å². The molecule has 5 saturated heterocycles. The Bertz CT molecular complexity index is 1040. The van der Waals surface area contributed by atoms with Crippen molar-refractivity contribution in [1.29, 1.82) is 0 Å². The first kappa shape index (κ1) is 28.0. The van der Waals surface area contributed by atoms with Crippen LogP contribution < -0.4 is 0 Å². The molecule has 0 spiro atoms. The van der Waals surface area contributed by atoms with E-state index >= 15 is 0 Å². The molecule has 0 radical (unpaired) electrons. The van der Waals surface area contributed by atoms with Gasteiger partial charge in [-0.1, -0.05) is 60.7 Å². The van der Waals surface area contributed by atoms with Gasteiger partial charge in [-0.15, -0.1) is 0 Å². The highest BCUT2D eigenvalue weighted by Gasteiger charge is 2.53. The lowest BCUT2D eigenvalue weighted by atomic mass is 9.61. The van der Waals surface area contributed by atoms with Crippen molar-refractivity contribution in [2.45, 2.75) is 61.9 Å². The minimum Gasteiger partial charge on any atom is -0.306 e. The maximum absolute atomic E-state index is 2.95. The summed E-state index contributed by atoms with van der Waals surface area (Å²) in [7, 11) is 2.28. The van der Waals surface area contributed by atoms with E-state index in [1.807, 2.05) is 0 Å². The smallest absolute Gasteiger partial charge is 0.0348 e. The van der Waals surface area contributed by atoms with Crippen molar-refractivity contribution < 1.29 is 0 Å². The quantitative estimate of drug-likeness (QED) is 0.485. The number of hydrogen-bond donors (Lipinski definition) is 0. The third-order valence-electron chi connectivity index (χ3n) is 11.8. The van der Waals surface area contributed by atoms with Crippen LogP contribution in [-0.4, -0.2) is 122 Å². The molecule has 8 rings (SSSR count). The lowest BCUT2D eigenvalue weighted by Gasteiger charge is -2.51. The number of likely N-dealkylation sites (tertiary alicyclic amines) is 2. The molecule has 2 bridgehead atoms. The molecular formula is C36H53N5. The van der Waals surface area contributed by atoms with Crippen molar-refractivity contribution in [3.05, 3.63) is 71.8 Å². The highest BCUT2D eigenvalue weighted by Crippen LogP contribution is 2.55. The van der Waals surface area contributed by atoms with E-state index in [0.29, 0.717) is 17.8 Å². The Morgan fingerprint density at radius 3 is 1.80 bits per heavy atom. The van der Waals surface area contributed by atoms with Crippen LogP contribution in [0.4, 0.5) is 0 Å². The van der Waals surface area contributed by atoms with Crippen molar-refractivity contribution in [3.63, 3.8) is 0 Å². The maximum atomic E-state index is 2.95. The van der Waals surface area contributed by atoms with Crippen LogP contribution in [0.2, 0.25) is 0 Å². The van der Waals surface area contributed by atoms with E-state index < -0.39 is 0 Å². The Morgan fingerprint density at radius 1 is 0.659 bits per heavy atom. The number of piperidine rings is 1. The maximum Gasteiger partial charge on any atom is 0.0348 e. The predicted octanol–water partition coefficient (Wildman–Crippen LogP) is 4.83. The van der Waals surface area contributed by atoms with E-state index in [1.165, 1.54) is 117 Å². The number of fused-ring (bicyclic) bond motifs is 4. The summed E-state index contributed by atoms with van der Waals surface area (Å²) in [6.45, 7) is 15.1. The molecule has 2 aromatic carbocycles. The van der Waals surface area contributed by atoms with Crippen LogP contribution in [0.5, 0.6) is 0 Å². The Balaban J connectivity index is 1.08. The second-order valence-corrected chi connectivity index (χ2v) is 14.2. The average molecular weight is 556 g/mol. The Labute approximate surface area is 249 Å². The Kier molecular flexibility index (Phi) is 8.52. The summed E-state index contributed by atoms with van der Waals surface area (Å²) in [6, 6.07) is 24.0. The van der Waals surface area contributed by atoms with Crippen molar-refractivity contribution in [3.8, 4) is 0 Å². The minimum absolute atomic E-state index is 0.289. The van der Waals surface area contributed by atoms with Gasteiger partial charge in [0.25, 0.3) is 0 Å². The van der Waals surface area contributed by atoms with Crippen LogP contribution in [0.3, 0.4) is 0 Å². The molecule has 0 amide bonds. The van der Waals surface area contributed by atoms with Gasteiger partial charge >= 0.3 is 0 Å². The summed E-state index contributed by atoms with van der Waals surface area (Å²) < 4.78 is 0. The van der Waals surface area contributed by atoms with Gasteiger partial charge in [-0.25, -0.2) is 0 Å². The molecule has 2 aromatic rings. The fraction of sp³-hybridized carbons (Fsp3) is 0.667. The molecule has 0 aromatic heterocycles. The molecule has 1 aliphatic carbocycles. The van der Waals surface area contributed by atoms with Gasteiger partial charge in [0.15, 0.2) is 0 Å². The van der Waals surface area contributed by atoms with Crippen LogP contribution in [-0.2, 0) is 0 Å². The van der Waals surface area contributed by atoms with E-state index in [1.54, 1.807) is 11.1 Å². The summed E-state index contributed by atoms with van der Waals surface area (Å²) in [6.07, 6.45) is 8.12. The van der Waals surface area contributed by atoms with Gasteiger partial charge < -0.3 is 4.90 Å². The molecule has 6 fully saturated rings. The molecule has 1 saturated carbocycles. The van der Waals surface area contributed by atoms with Gasteiger partial charge in [-0.2, -0.15) is 0 Å². The second-order valence-electron chi connectivity index (χ2n) is 14.2. The third-order valence-corrected chi connectivity index (χ3v) is 11.8. The van der Waals surface area contributed by atoms with E-state index in [0.717, 1.165) is 6.04 Å². The summed E-state index contributed by atoms with van der Waals surface area (Å²) in [5.41, 5.74) is 3.44. The molecule has 0 N–H and O–H groups in total. The summed E-state index contributed by atoms with van der Waals surface area (Å²) in [5, 5.41) is 0. The molecule has 2 atom stereocenters. The zero-order valence-corrected chi connectivity index (χ0v) is 25.5. The Morgan fingerprint density at radius 2 is 1.22 bits per heavy atom. The van der Waals surface area contributed by atoms with Gasteiger partial charge in [0.05, 0.1) is 0 Å². The van der Waals surface area contributed by atoms with E-state index in [4.69, 9.17) is 0 Å². The van der Waals surface area contributed by atoms with Crippen LogP contribution in [0, 0.1) is 5.92 Å². The van der Waals surface area contributed by atoms with Gasteiger partial charge in [0.1, 0.15) is 0 Å². The molecule has 6 aliphatic rings. The van der Waals surface area contributed by atoms with E-state index in [2.05, 4.69) is 92.2 Å². The van der Waals surface area contributed by atoms with Crippen molar-refractivity contribution >= 4 is 0 Å². The van der Waals surface area contributed by atoms with Crippen LogP contribution >= 0.6 is 0 Å². The summed E-state index contributed by atoms with van der Waals surface area (Å²) in [5.74, 6) is 1.96. The zero-order chi connectivity index (χ0) is 27.6. The first-order valence-electron chi connectivity index (χ1n) is 16.9. The summed E-state index contributed by atoms with van der Waals surface area (Å²) in [4.78, 5) is 14.0. The van der Waals surface area contributed by atoms with Crippen LogP contribution in [0.15, 0.2) is 60.7 Å². The first-order chi connectivity index (χ1) is 20.2. The molecule has 5 nitrogen and oxygen atoms in total. The molecule has 5 aliphatic heterocycles. The summed E-state index contributed by atoms with van der Waals surface area (Å²) >= 11 is 0. The predicted molar refractivity (Wildman–Crippen MR) is 170 cm³/mol. The van der Waals surface area contributed by atoms with Crippen molar-refractivity contribution in [1.82, 2.24) is 24.5 Å². The average Bonchev–Trinajstić information content (AvgIpc) is 3.47. The number of piperazine rings is 1. The van der Waals surface area contributed by atoms with E-state index in [-0.39, 0.29) is 5.54 Å². The fourth-order valence-electron chi connectivity index (χ4n) is 9.49. The Hall–Kier alpha value is -1.76. The fourth-order valence-corrected chi connectivity index (χ4v) is 9.49. The van der Waals surface area contributed by atoms with Crippen molar-refractivity contribution in [2.75, 3.05) is 85.6 Å². The molecule has 0 unspecified atom stereocenters. The molecule has 5 heteroatoms. The number of rotatable bonds is 7. The molecule has 222 valence electrons. The molecular weight excluding hydrogens is 502 g/mol. The van der Waals surface area contributed by atoms with Crippen LogP contribution in [0.1, 0.15) is 61.5 Å². The van der Waals surface area contributed by atoms with Gasteiger partial charge in [0.2, 0.25) is 0 Å². The van der Waals surface area contributed by atoms with Gasteiger partial charge in [-0.05, 0) is 101 Å². The molecule has 5 heterocycles. The third kappa shape index (κ3) is 6.03. The highest BCUT2D eigenvalue weighted by molar-refractivity contribution is 5.31. The molecule has 41 heavy (non-hydrogen) atoms. The minimum atomic E-state index is 0.289. The first-order valence-corrected chi connectivity index (χ1v) is 16.9. The highest BCUT2D eigenvalue weighted by atomic mass is 15.3. The normalized spacial score (nSPS) is 33.3. The monoisotopic (exact) mass is 555 g/mol. The van der Waals surface area contributed by atoms with Gasteiger partial charge in [-0.3, -0.25) is 19.6 Å².